The zero-order valence-corrected chi connectivity index (χ0v) is 14.2. The van der Waals surface area contributed by atoms with Gasteiger partial charge in [-0.1, -0.05) is 19.1 Å². The fourth-order valence-corrected chi connectivity index (χ4v) is 3.92. The van der Waals surface area contributed by atoms with Gasteiger partial charge >= 0.3 is 0 Å². The van der Waals surface area contributed by atoms with E-state index in [-0.39, 0.29) is 0 Å². The van der Waals surface area contributed by atoms with Gasteiger partial charge in [0, 0.05) is 19.1 Å². The number of hydrogen-bond donors (Lipinski definition) is 1. The molecule has 124 valence electrons. The first kappa shape index (κ1) is 15.2. The monoisotopic (exact) mass is 312 g/mol. The molecule has 1 saturated carbocycles. The van der Waals surface area contributed by atoms with Crippen molar-refractivity contribution in [3.8, 4) is 0 Å². The minimum Gasteiger partial charge on any atom is -0.327 e. The van der Waals surface area contributed by atoms with E-state index in [2.05, 4.69) is 46.0 Å². The van der Waals surface area contributed by atoms with Crippen molar-refractivity contribution >= 4 is 11.0 Å². The lowest BCUT2D eigenvalue weighted by atomic mass is 10.1. The summed E-state index contributed by atoms with van der Waals surface area (Å²) >= 11 is 0. The van der Waals surface area contributed by atoms with Crippen molar-refractivity contribution in [2.45, 2.75) is 51.7 Å². The lowest BCUT2D eigenvalue weighted by Gasteiger charge is -2.15. The molecule has 0 spiro atoms. The van der Waals surface area contributed by atoms with Crippen LogP contribution in [0.4, 0.5) is 0 Å². The highest BCUT2D eigenvalue weighted by molar-refractivity contribution is 5.75. The Morgan fingerprint density at radius 1 is 1.22 bits per heavy atom. The van der Waals surface area contributed by atoms with Crippen LogP contribution in [0.3, 0.4) is 0 Å². The van der Waals surface area contributed by atoms with Crippen molar-refractivity contribution in [2.75, 3.05) is 19.6 Å². The van der Waals surface area contributed by atoms with Crippen molar-refractivity contribution in [1.29, 1.82) is 0 Å². The first-order valence-electron chi connectivity index (χ1n) is 9.24. The van der Waals surface area contributed by atoms with Gasteiger partial charge in [-0.3, -0.25) is 0 Å². The molecule has 4 rings (SSSR count). The van der Waals surface area contributed by atoms with Gasteiger partial charge in [0.05, 0.1) is 17.6 Å². The van der Waals surface area contributed by atoms with Gasteiger partial charge in [0.25, 0.3) is 0 Å². The molecular weight excluding hydrogens is 284 g/mol. The molecule has 2 heterocycles. The van der Waals surface area contributed by atoms with Crippen LogP contribution >= 0.6 is 0 Å². The second-order valence-corrected chi connectivity index (χ2v) is 7.18. The molecule has 2 aromatic rings. The van der Waals surface area contributed by atoms with Crippen molar-refractivity contribution < 1.29 is 0 Å². The number of benzene rings is 1. The SMILES string of the molecule is CCCn1c(CNC[C@H]2CCN(C3CC3)C2)nc2ccccc21. The van der Waals surface area contributed by atoms with Crippen LogP contribution in [0.5, 0.6) is 0 Å². The zero-order chi connectivity index (χ0) is 15.6. The van der Waals surface area contributed by atoms with Crippen molar-refractivity contribution in [2.24, 2.45) is 5.92 Å². The smallest absolute Gasteiger partial charge is 0.123 e. The number of nitrogens with one attached hydrogen (secondary N) is 1. The molecule has 4 heteroatoms. The molecule has 2 fully saturated rings. The Balaban J connectivity index is 1.36. The Bertz CT molecular complexity index is 658. The maximum atomic E-state index is 4.84. The Labute approximate surface area is 138 Å². The van der Waals surface area contributed by atoms with Gasteiger partial charge in [-0.25, -0.2) is 4.98 Å². The predicted octanol–water partition coefficient (Wildman–Crippen LogP) is 3.02. The summed E-state index contributed by atoms with van der Waals surface area (Å²) in [7, 11) is 0. The van der Waals surface area contributed by atoms with Crippen molar-refractivity contribution in [3.05, 3.63) is 30.1 Å². The Morgan fingerprint density at radius 2 is 2.09 bits per heavy atom. The van der Waals surface area contributed by atoms with E-state index in [0.717, 1.165) is 43.5 Å². The average molecular weight is 312 g/mol. The summed E-state index contributed by atoms with van der Waals surface area (Å²) in [4.78, 5) is 7.53. The fourth-order valence-electron chi connectivity index (χ4n) is 3.92. The van der Waals surface area contributed by atoms with Gasteiger partial charge in [0.15, 0.2) is 0 Å². The number of rotatable bonds is 7. The standard InChI is InChI=1S/C19H28N4/c1-2-10-23-18-6-4-3-5-17(18)21-19(23)13-20-12-15-9-11-22(14-15)16-7-8-16/h3-6,15-16,20H,2,7-14H2,1H3/t15-/m1/s1. The van der Waals surface area contributed by atoms with E-state index in [1.807, 2.05) is 0 Å². The van der Waals surface area contributed by atoms with Crippen LogP contribution in [0.15, 0.2) is 24.3 Å². The molecule has 1 aromatic heterocycles. The van der Waals surface area contributed by atoms with E-state index in [0.29, 0.717) is 0 Å². The third kappa shape index (κ3) is 3.29. The minimum atomic E-state index is 0.819. The molecule has 4 nitrogen and oxygen atoms in total. The molecule has 0 bridgehead atoms. The summed E-state index contributed by atoms with van der Waals surface area (Å²) < 4.78 is 2.38. The Morgan fingerprint density at radius 3 is 2.91 bits per heavy atom. The van der Waals surface area contributed by atoms with E-state index in [9.17, 15) is 0 Å². The molecule has 1 aromatic carbocycles. The molecule has 23 heavy (non-hydrogen) atoms. The van der Waals surface area contributed by atoms with Crippen LogP contribution in [0.2, 0.25) is 0 Å². The number of fused-ring (bicyclic) bond motifs is 1. The largest absolute Gasteiger partial charge is 0.327 e. The van der Waals surface area contributed by atoms with Crippen LogP contribution in [0, 0.1) is 5.92 Å². The first-order chi connectivity index (χ1) is 11.3. The van der Waals surface area contributed by atoms with Gasteiger partial charge < -0.3 is 14.8 Å². The lowest BCUT2D eigenvalue weighted by Crippen LogP contribution is -2.28. The van der Waals surface area contributed by atoms with Crippen molar-refractivity contribution in [3.63, 3.8) is 0 Å². The van der Waals surface area contributed by atoms with Crippen LogP contribution in [-0.4, -0.2) is 40.1 Å². The Hall–Kier alpha value is -1.39. The second kappa shape index (κ2) is 6.62. The molecule has 2 aliphatic rings. The molecule has 1 atom stereocenters. The van der Waals surface area contributed by atoms with Gasteiger partial charge in [-0.05, 0) is 56.8 Å². The average Bonchev–Trinajstić information content (AvgIpc) is 3.22. The number of likely N-dealkylation sites (tertiary alicyclic amines) is 1. The van der Waals surface area contributed by atoms with Gasteiger partial charge in [-0.15, -0.1) is 0 Å². The van der Waals surface area contributed by atoms with E-state index in [1.165, 1.54) is 43.7 Å². The summed E-state index contributed by atoms with van der Waals surface area (Å²) in [5, 5.41) is 3.67. The number of hydrogen-bond acceptors (Lipinski definition) is 3. The maximum absolute atomic E-state index is 4.84. The molecule has 1 N–H and O–H groups in total. The van der Waals surface area contributed by atoms with Crippen molar-refractivity contribution in [1.82, 2.24) is 19.8 Å². The quantitative estimate of drug-likeness (QED) is 0.853. The summed E-state index contributed by atoms with van der Waals surface area (Å²) in [6.45, 7) is 7.90. The molecule has 0 amide bonds. The summed E-state index contributed by atoms with van der Waals surface area (Å²) in [5.74, 6) is 2.00. The molecule has 0 unspecified atom stereocenters. The minimum absolute atomic E-state index is 0.819. The normalized spacial score (nSPS) is 22.2. The zero-order valence-electron chi connectivity index (χ0n) is 14.2. The van der Waals surface area contributed by atoms with E-state index < -0.39 is 0 Å². The van der Waals surface area contributed by atoms with Crippen LogP contribution < -0.4 is 5.32 Å². The van der Waals surface area contributed by atoms with Gasteiger partial charge in [-0.2, -0.15) is 0 Å². The molecule has 1 saturated heterocycles. The molecule has 0 radical (unpaired) electrons. The molecule has 1 aliphatic carbocycles. The fraction of sp³-hybridized carbons (Fsp3) is 0.632. The first-order valence-corrected chi connectivity index (χ1v) is 9.24. The van der Waals surface area contributed by atoms with E-state index >= 15 is 0 Å². The number of aryl methyl sites for hydroxylation is 1. The predicted molar refractivity (Wildman–Crippen MR) is 94.4 cm³/mol. The van der Waals surface area contributed by atoms with Gasteiger partial charge in [0.2, 0.25) is 0 Å². The second-order valence-electron chi connectivity index (χ2n) is 7.18. The lowest BCUT2D eigenvalue weighted by molar-refractivity contribution is 0.311. The number of aromatic nitrogens is 2. The molecular formula is C19H28N4. The van der Waals surface area contributed by atoms with Crippen LogP contribution in [0.1, 0.15) is 38.4 Å². The van der Waals surface area contributed by atoms with E-state index in [4.69, 9.17) is 4.98 Å². The topological polar surface area (TPSA) is 33.1 Å². The van der Waals surface area contributed by atoms with E-state index in [1.54, 1.807) is 0 Å². The third-order valence-electron chi connectivity index (χ3n) is 5.28. The summed E-state index contributed by atoms with van der Waals surface area (Å²) in [6, 6.07) is 9.42. The highest BCUT2D eigenvalue weighted by atomic mass is 15.2. The van der Waals surface area contributed by atoms with Crippen LogP contribution in [-0.2, 0) is 13.1 Å². The summed E-state index contributed by atoms with van der Waals surface area (Å²) in [6.07, 6.45) is 5.36. The summed E-state index contributed by atoms with van der Waals surface area (Å²) in [5.41, 5.74) is 2.39. The van der Waals surface area contributed by atoms with Crippen LogP contribution in [0.25, 0.3) is 11.0 Å². The maximum Gasteiger partial charge on any atom is 0.123 e. The number of imidazole rings is 1. The highest BCUT2D eigenvalue weighted by Crippen LogP contribution is 2.31. The highest BCUT2D eigenvalue weighted by Gasteiger charge is 2.34. The van der Waals surface area contributed by atoms with Gasteiger partial charge in [0.1, 0.15) is 5.82 Å². The Kier molecular flexibility index (Phi) is 4.36. The molecule has 1 aliphatic heterocycles. The third-order valence-corrected chi connectivity index (χ3v) is 5.28. The number of para-hydroxylation sites is 2. The number of nitrogens with zero attached hydrogens (tertiary/aromatic N) is 3.